The molecule has 0 saturated carbocycles. The van der Waals surface area contributed by atoms with Crippen molar-refractivity contribution in [2.75, 3.05) is 18.8 Å². The highest BCUT2D eigenvalue weighted by Gasteiger charge is 2.32. The van der Waals surface area contributed by atoms with Gasteiger partial charge < -0.3 is 5.11 Å². The van der Waals surface area contributed by atoms with Crippen molar-refractivity contribution in [3.05, 3.63) is 0 Å². The SMILES string of the molecule is CC1CN(CCCCCC(=O)O)S(=O)(=O)C1. The Balaban J connectivity index is 2.21. The second-order valence-electron chi connectivity index (χ2n) is 4.45. The van der Waals surface area contributed by atoms with Gasteiger partial charge in [-0.05, 0) is 18.8 Å². The monoisotopic (exact) mass is 249 g/mol. The molecular formula is C10H19NO4S. The van der Waals surface area contributed by atoms with E-state index in [1.807, 2.05) is 6.92 Å². The Hall–Kier alpha value is -0.620. The van der Waals surface area contributed by atoms with Crippen LogP contribution in [0.5, 0.6) is 0 Å². The number of unbranched alkanes of at least 4 members (excludes halogenated alkanes) is 2. The Morgan fingerprint density at radius 3 is 2.56 bits per heavy atom. The summed E-state index contributed by atoms with van der Waals surface area (Å²) in [6, 6.07) is 0. The minimum Gasteiger partial charge on any atom is -0.481 e. The van der Waals surface area contributed by atoms with Crippen molar-refractivity contribution in [1.82, 2.24) is 4.31 Å². The van der Waals surface area contributed by atoms with Crippen LogP contribution in [0.3, 0.4) is 0 Å². The van der Waals surface area contributed by atoms with Crippen LogP contribution in [0.2, 0.25) is 0 Å². The van der Waals surface area contributed by atoms with Crippen molar-refractivity contribution in [3.63, 3.8) is 0 Å². The minimum absolute atomic E-state index is 0.170. The summed E-state index contributed by atoms with van der Waals surface area (Å²) in [5.74, 6) is -0.325. The lowest BCUT2D eigenvalue weighted by molar-refractivity contribution is -0.137. The van der Waals surface area contributed by atoms with Gasteiger partial charge in [-0.1, -0.05) is 13.3 Å². The molecule has 94 valence electrons. The lowest BCUT2D eigenvalue weighted by atomic mass is 10.2. The van der Waals surface area contributed by atoms with Crippen molar-refractivity contribution in [1.29, 1.82) is 0 Å². The first-order valence-electron chi connectivity index (χ1n) is 5.61. The third-order valence-electron chi connectivity index (χ3n) is 2.70. The van der Waals surface area contributed by atoms with Gasteiger partial charge in [-0.2, -0.15) is 0 Å². The number of nitrogens with zero attached hydrogens (tertiary/aromatic N) is 1. The summed E-state index contributed by atoms with van der Waals surface area (Å²) < 4.78 is 24.7. The van der Waals surface area contributed by atoms with E-state index in [-0.39, 0.29) is 18.1 Å². The molecule has 0 bridgehead atoms. The fourth-order valence-corrected chi connectivity index (χ4v) is 3.87. The number of carbonyl (C=O) groups is 1. The summed E-state index contributed by atoms with van der Waals surface area (Å²) in [6.07, 6.45) is 2.31. The molecule has 1 unspecified atom stereocenters. The highest BCUT2D eigenvalue weighted by molar-refractivity contribution is 7.89. The lowest BCUT2D eigenvalue weighted by Gasteiger charge is -2.13. The van der Waals surface area contributed by atoms with Gasteiger partial charge in [0.2, 0.25) is 10.0 Å². The normalized spacial score (nSPS) is 24.7. The van der Waals surface area contributed by atoms with E-state index in [1.165, 1.54) is 4.31 Å². The van der Waals surface area contributed by atoms with Crippen LogP contribution in [-0.2, 0) is 14.8 Å². The van der Waals surface area contributed by atoms with Gasteiger partial charge in [-0.25, -0.2) is 12.7 Å². The van der Waals surface area contributed by atoms with E-state index in [9.17, 15) is 13.2 Å². The zero-order chi connectivity index (χ0) is 12.2. The standard InChI is InChI=1S/C10H19NO4S/c1-9-7-11(16(14,15)8-9)6-4-2-3-5-10(12)13/h9H,2-8H2,1H3,(H,12,13). The number of aliphatic carboxylic acids is 1. The molecule has 1 heterocycles. The molecule has 16 heavy (non-hydrogen) atoms. The van der Waals surface area contributed by atoms with Gasteiger partial charge in [0.15, 0.2) is 0 Å². The molecule has 0 radical (unpaired) electrons. The molecule has 1 aliphatic rings. The maximum Gasteiger partial charge on any atom is 0.303 e. The summed E-state index contributed by atoms with van der Waals surface area (Å²) in [4.78, 5) is 10.3. The predicted octanol–water partition coefficient (Wildman–Crippen LogP) is 0.913. The van der Waals surface area contributed by atoms with E-state index in [1.54, 1.807) is 0 Å². The molecule has 1 atom stereocenters. The summed E-state index contributed by atoms with van der Waals surface area (Å²) in [5.41, 5.74) is 0. The van der Waals surface area contributed by atoms with Crippen LogP contribution in [0, 0.1) is 5.92 Å². The summed E-state index contributed by atoms with van der Waals surface area (Å²) in [7, 11) is -3.02. The van der Waals surface area contributed by atoms with Crippen molar-refractivity contribution in [2.24, 2.45) is 5.92 Å². The van der Waals surface area contributed by atoms with Crippen LogP contribution < -0.4 is 0 Å². The maximum atomic E-state index is 11.6. The number of rotatable bonds is 6. The molecule has 1 fully saturated rings. The molecule has 0 aromatic rings. The Kier molecular flexibility index (Phi) is 4.73. The fourth-order valence-electron chi connectivity index (χ4n) is 1.95. The molecule has 1 rings (SSSR count). The third kappa shape index (κ3) is 4.09. The smallest absolute Gasteiger partial charge is 0.303 e. The van der Waals surface area contributed by atoms with Crippen LogP contribution in [0.1, 0.15) is 32.6 Å². The third-order valence-corrected chi connectivity index (χ3v) is 4.81. The van der Waals surface area contributed by atoms with E-state index in [0.717, 1.165) is 12.8 Å². The average Bonchev–Trinajstić information content (AvgIpc) is 2.38. The van der Waals surface area contributed by atoms with Crippen LogP contribution in [0.4, 0.5) is 0 Å². The van der Waals surface area contributed by atoms with E-state index in [2.05, 4.69) is 0 Å². The Morgan fingerprint density at radius 1 is 1.38 bits per heavy atom. The summed E-state index contributed by atoms with van der Waals surface area (Å²) >= 11 is 0. The zero-order valence-electron chi connectivity index (χ0n) is 9.55. The number of sulfonamides is 1. The molecular weight excluding hydrogens is 230 g/mol. The lowest BCUT2D eigenvalue weighted by Crippen LogP contribution is -2.26. The molecule has 0 spiro atoms. The maximum absolute atomic E-state index is 11.6. The molecule has 1 saturated heterocycles. The van der Waals surface area contributed by atoms with E-state index in [0.29, 0.717) is 19.5 Å². The predicted molar refractivity (Wildman–Crippen MR) is 60.6 cm³/mol. The van der Waals surface area contributed by atoms with Gasteiger partial charge in [0, 0.05) is 19.5 Å². The Bertz CT molecular complexity index is 339. The molecule has 1 N–H and O–H groups in total. The molecule has 0 aliphatic carbocycles. The van der Waals surface area contributed by atoms with Crippen LogP contribution in [0.25, 0.3) is 0 Å². The van der Waals surface area contributed by atoms with Gasteiger partial charge in [0.1, 0.15) is 0 Å². The highest BCUT2D eigenvalue weighted by atomic mass is 32.2. The van der Waals surface area contributed by atoms with Gasteiger partial charge in [-0.15, -0.1) is 0 Å². The minimum atomic E-state index is -3.02. The first kappa shape index (κ1) is 13.4. The highest BCUT2D eigenvalue weighted by Crippen LogP contribution is 2.19. The Morgan fingerprint density at radius 2 is 2.06 bits per heavy atom. The largest absolute Gasteiger partial charge is 0.481 e. The quantitative estimate of drug-likeness (QED) is 0.710. The number of carboxylic acid groups (broad SMARTS) is 1. The fraction of sp³-hybridized carbons (Fsp3) is 0.900. The molecule has 0 aromatic heterocycles. The summed E-state index contributed by atoms with van der Waals surface area (Å²) in [5, 5.41) is 8.44. The van der Waals surface area contributed by atoms with Crippen molar-refractivity contribution in [3.8, 4) is 0 Å². The second-order valence-corrected chi connectivity index (χ2v) is 6.46. The first-order chi connectivity index (χ1) is 7.42. The number of hydrogen-bond acceptors (Lipinski definition) is 3. The number of hydrogen-bond donors (Lipinski definition) is 1. The first-order valence-corrected chi connectivity index (χ1v) is 7.22. The number of carboxylic acids is 1. The van der Waals surface area contributed by atoms with E-state index < -0.39 is 16.0 Å². The average molecular weight is 249 g/mol. The van der Waals surface area contributed by atoms with E-state index in [4.69, 9.17) is 5.11 Å². The van der Waals surface area contributed by atoms with Crippen molar-refractivity contribution in [2.45, 2.75) is 32.6 Å². The summed E-state index contributed by atoms with van der Waals surface area (Å²) in [6.45, 7) is 3.08. The van der Waals surface area contributed by atoms with Gasteiger partial charge >= 0.3 is 5.97 Å². The van der Waals surface area contributed by atoms with Crippen LogP contribution in [-0.4, -0.2) is 42.6 Å². The van der Waals surface area contributed by atoms with Gasteiger partial charge in [-0.3, -0.25) is 4.79 Å². The van der Waals surface area contributed by atoms with Gasteiger partial charge in [0.25, 0.3) is 0 Å². The zero-order valence-corrected chi connectivity index (χ0v) is 10.4. The molecule has 1 aliphatic heterocycles. The van der Waals surface area contributed by atoms with Crippen LogP contribution >= 0.6 is 0 Å². The molecule has 5 nitrogen and oxygen atoms in total. The van der Waals surface area contributed by atoms with Crippen molar-refractivity contribution >= 4 is 16.0 Å². The second kappa shape index (κ2) is 5.63. The van der Waals surface area contributed by atoms with Crippen LogP contribution in [0.15, 0.2) is 0 Å². The van der Waals surface area contributed by atoms with E-state index >= 15 is 0 Å². The topological polar surface area (TPSA) is 74.7 Å². The van der Waals surface area contributed by atoms with Crippen molar-refractivity contribution < 1.29 is 18.3 Å². The molecule has 6 heteroatoms. The Labute approximate surface area is 96.5 Å². The molecule has 0 amide bonds. The molecule has 0 aromatic carbocycles. The van der Waals surface area contributed by atoms with Gasteiger partial charge in [0.05, 0.1) is 5.75 Å².